The first-order chi connectivity index (χ1) is 14.6. The molecule has 0 unspecified atom stereocenters. The van der Waals surface area contributed by atoms with Crippen LogP contribution in [0.4, 0.5) is 0 Å². The highest BCUT2D eigenvalue weighted by Gasteiger charge is 2.25. The molecule has 0 spiro atoms. The first-order valence-electron chi connectivity index (χ1n) is 10.3. The number of likely N-dealkylation sites (tertiary alicyclic amines) is 1. The number of nitrogens with zero attached hydrogens (tertiary/aromatic N) is 2. The number of hydrogen-bond donors (Lipinski definition) is 0. The molecule has 2 aromatic carbocycles. The van der Waals surface area contributed by atoms with E-state index < -0.39 is 0 Å². The molecule has 1 amide bonds. The Morgan fingerprint density at radius 1 is 1.13 bits per heavy atom. The SMILES string of the molecule is CCOc1ccc(CC(=O)N2CCC(Oc3nc4ccc(OC)cc4s3)CC2)cc1. The van der Waals surface area contributed by atoms with E-state index in [0.717, 1.165) is 40.1 Å². The van der Waals surface area contributed by atoms with Gasteiger partial charge in [-0.3, -0.25) is 4.79 Å². The fourth-order valence-electron chi connectivity index (χ4n) is 3.58. The van der Waals surface area contributed by atoms with E-state index in [1.165, 1.54) is 11.3 Å². The number of amides is 1. The van der Waals surface area contributed by atoms with Crippen molar-refractivity contribution in [3.63, 3.8) is 0 Å². The van der Waals surface area contributed by atoms with Crippen molar-refractivity contribution >= 4 is 27.5 Å². The van der Waals surface area contributed by atoms with Crippen molar-refractivity contribution in [1.29, 1.82) is 0 Å². The van der Waals surface area contributed by atoms with Crippen molar-refractivity contribution in [1.82, 2.24) is 9.88 Å². The van der Waals surface area contributed by atoms with Crippen LogP contribution in [0.1, 0.15) is 25.3 Å². The molecule has 4 rings (SSSR count). The lowest BCUT2D eigenvalue weighted by Gasteiger charge is -2.31. The van der Waals surface area contributed by atoms with Gasteiger partial charge in [-0.15, -0.1) is 0 Å². The van der Waals surface area contributed by atoms with Gasteiger partial charge >= 0.3 is 0 Å². The van der Waals surface area contributed by atoms with E-state index in [9.17, 15) is 4.79 Å². The van der Waals surface area contributed by atoms with Crippen LogP contribution in [0, 0.1) is 0 Å². The Morgan fingerprint density at radius 3 is 2.57 bits per heavy atom. The average Bonchev–Trinajstić information content (AvgIpc) is 3.17. The third-order valence-electron chi connectivity index (χ3n) is 5.23. The van der Waals surface area contributed by atoms with Gasteiger partial charge in [-0.25, -0.2) is 4.98 Å². The lowest BCUT2D eigenvalue weighted by Crippen LogP contribution is -2.42. The lowest BCUT2D eigenvalue weighted by atomic mass is 10.1. The minimum Gasteiger partial charge on any atom is -0.497 e. The summed E-state index contributed by atoms with van der Waals surface area (Å²) in [6, 6.07) is 13.6. The maximum absolute atomic E-state index is 12.7. The van der Waals surface area contributed by atoms with Gasteiger partial charge in [0, 0.05) is 25.9 Å². The van der Waals surface area contributed by atoms with Gasteiger partial charge in [0.2, 0.25) is 5.91 Å². The number of aromatic nitrogens is 1. The normalized spacial score (nSPS) is 14.7. The summed E-state index contributed by atoms with van der Waals surface area (Å²) in [7, 11) is 1.66. The molecule has 6 nitrogen and oxygen atoms in total. The van der Waals surface area contributed by atoms with Gasteiger partial charge in [0.05, 0.1) is 30.4 Å². The number of methoxy groups -OCH3 is 1. The van der Waals surface area contributed by atoms with Crippen molar-refractivity contribution in [3.05, 3.63) is 48.0 Å². The Bertz CT molecular complexity index is 994. The fourth-order valence-corrected chi connectivity index (χ4v) is 4.49. The Kier molecular flexibility index (Phi) is 6.38. The summed E-state index contributed by atoms with van der Waals surface area (Å²) in [6.45, 7) is 4.01. The summed E-state index contributed by atoms with van der Waals surface area (Å²) in [5.41, 5.74) is 1.92. The van der Waals surface area contributed by atoms with Gasteiger partial charge in [-0.1, -0.05) is 23.5 Å². The number of ether oxygens (including phenoxy) is 3. The van der Waals surface area contributed by atoms with Crippen molar-refractivity contribution in [2.24, 2.45) is 0 Å². The smallest absolute Gasteiger partial charge is 0.274 e. The van der Waals surface area contributed by atoms with Crippen LogP contribution in [0.3, 0.4) is 0 Å². The summed E-state index contributed by atoms with van der Waals surface area (Å²) < 4.78 is 17.9. The van der Waals surface area contributed by atoms with Crippen molar-refractivity contribution in [3.8, 4) is 16.7 Å². The zero-order chi connectivity index (χ0) is 20.9. The third-order valence-corrected chi connectivity index (χ3v) is 6.14. The molecule has 0 radical (unpaired) electrons. The highest BCUT2D eigenvalue weighted by atomic mass is 32.1. The second kappa shape index (κ2) is 9.34. The van der Waals surface area contributed by atoms with E-state index in [-0.39, 0.29) is 12.0 Å². The highest BCUT2D eigenvalue weighted by molar-refractivity contribution is 7.20. The maximum Gasteiger partial charge on any atom is 0.274 e. The number of fused-ring (bicyclic) bond motifs is 1. The summed E-state index contributed by atoms with van der Waals surface area (Å²) in [6.07, 6.45) is 2.13. The molecule has 0 saturated carbocycles. The minimum atomic E-state index is 0.0852. The molecular formula is C23H26N2O4S. The van der Waals surface area contributed by atoms with Crippen LogP contribution in [0.15, 0.2) is 42.5 Å². The largest absolute Gasteiger partial charge is 0.497 e. The molecule has 30 heavy (non-hydrogen) atoms. The number of rotatable bonds is 7. The van der Waals surface area contributed by atoms with Crippen LogP contribution in [0.25, 0.3) is 10.2 Å². The van der Waals surface area contributed by atoms with E-state index in [1.54, 1.807) is 7.11 Å². The van der Waals surface area contributed by atoms with Crippen LogP contribution < -0.4 is 14.2 Å². The van der Waals surface area contributed by atoms with E-state index in [4.69, 9.17) is 14.2 Å². The first kappa shape index (κ1) is 20.5. The topological polar surface area (TPSA) is 60.9 Å². The molecule has 1 aromatic heterocycles. The second-order valence-corrected chi connectivity index (χ2v) is 8.26. The fraction of sp³-hybridized carbons (Fsp3) is 0.391. The van der Waals surface area contributed by atoms with Gasteiger partial charge < -0.3 is 19.1 Å². The Hall–Kier alpha value is -2.80. The van der Waals surface area contributed by atoms with Crippen LogP contribution in [-0.4, -0.2) is 48.7 Å². The Labute approximate surface area is 180 Å². The molecule has 1 aliphatic rings. The zero-order valence-corrected chi connectivity index (χ0v) is 18.1. The minimum absolute atomic E-state index is 0.0852. The van der Waals surface area contributed by atoms with E-state index in [0.29, 0.717) is 31.3 Å². The van der Waals surface area contributed by atoms with Crippen molar-refractivity contribution in [2.45, 2.75) is 32.3 Å². The van der Waals surface area contributed by atoms with Crippen LogP contribution in [0.2, 0.25) is 0 Å². The monoisotopic (exact) mass is 426 g/mol. The quantitative estimate of drug-likeness (QED) is 0.563. The van der Waals surface area contributed by atoms with Gasteiger partial charge in [0.25, 0.3) is 5.19 Å². The average molecular weight is 427 g/mol. The number of carbonyl (C=O) groups excluding carboxylic acids is 1. The number of thiazole rings is 1. The molecule has 0 bridgehead atoms. The molecule has 1 saturated heterocycles. The molecular weight excluding hydrogens is 400 g/mol. The molecule has 0 atom stereocenters. The Morgan fingerprint density at radius 2 is 1.87 bits per heavy atom. The zero-order valence-electron chi connectivity index (χ0n) is 17.3. The molecule has 0 N–H and O–H groups in total. The Balaban J connectivity index is 1.28. The molecule has 7 heteroatoms. The third kappa shape index (κ3) is 4.84. The maximum atomic E-state index is 12.7. The molecule has 1 fully saturated rings. The predicted molar refractivity (Wildman–Crippen MR) is 118 cm³/mol. The standard InChI is InChI=1S/C23H26N2O4S/c1-3-28-17-6-4-16(5-7-17)14-22(26)25-12-10-18(11-13-25)29-23-24-20-9-8-19(27-2)15-21(20)30-23/h4-9,15,18H,3,10-14H2,1-2H3. The lowest BCUT2D eigenvalue weighted by molar-refractivity contribution is -0.132. The van der Waals surface area contributed by atoms with Crippen molar-refractivity contribution in [2.75, 3.05) is 26.8 Å². The molecule has 1 aliphatic heterocycles. The summed E-state index contributed by atoms with van der Waals surface area (Å²) >= 11 is 1.53. The van der Waals surface area contributed by atoms with Gasteiger partial charge in [-0.2, -0.15) is 0 Å². The van der Waals surface area contributed by atoms with Gasteiger partial charge in [0.15, 0.2) is 0 Å². The number of benzene rings is 2. The number of hydrogen-bond acceptors (Lipinski definition) is 6. The summed E-state index contributed by atoms with van der Waals surface area (Å²) in [4.78, 5) is 19.1. The number of piperidine rings is 1. The summed E-state index contributed by atoms with van der Waals surface area (Å²) in [5, 5.41) is 0.678. The van der Waals surface area contributed by atoms with Crippen LogP contribution in [-0.2, 0) is 11.2 Å². The van der Waals surface area contributed by atoms with Crippen LogP contribution in [0.5, 0.6) is 16.7 Å². The van der Waals surface area contributed by atoms with Gasteiger partial charge in [-0.05, 0) is 42.8 Å². The van der Waals surface area contributed by atoms with Gasteiger partial charge in [0.1, 0.15) is 17.6 Å². The molecule has 0 aliphatic carbocycles. The molecule has 3 aromatic rings. The molecule has 2 heterocycles. The van der Waals surface area contributed by atoms with Crippen LogP contribution >= 0.6 is 11.3 Å². The van der Waals surface area contributed by atoms with E-state index in [1.807, 2.05) is 54.3 Å². The van der Waals surface area contributed by atoms with E-state index >= 15 is 0 Å². The molecule has 158 valence electrons. The van der Waals surface area contributed by atoms with E-state index in [2.05, 4.69) is 4.98 Å². The van der Waals surface area contributed by atoms with Crippen molar-refractivity contribution < 1.29 is 19.0 Å². The first-order valence-corrected chi connectivity index (χ1v) is 11.1. The highest BCUT2D eigenvalue weighted by Crippen LogP contribution is 2.32. The second-order valence-electron chi connectivity index (χ2n) is 7.27. The summed E-state index contributed by atoms with van der Waals surface area (Å²) in [5.74, 6) is 1.81. The number of carbonyl (C=O) groups is 1. The predicted octanol–water partition coefficient (Wildman–Crippen LogP) is 4.32.